The first kappa shape index (κ1) is 16.0. The predicted octanol–water partition coefficient (Wildman–Crippen LogP) is 1.49. The fourth-order valence-corrected chi connectivity index (χ4v) is 3.76. The van der Waals surface area contributed by atoms with Crippen LogP contribution in [0.1, 0.15) is 20.3 Å². The second-order valence-electron chi connectivity index (χ2n) is 5.44. The van der Waals surface area contributed by atoms with Gasteiger partial charge in [0.2, 0.25) is 5.91 Å². The Bertz CT molecular complexity index is 575. The predicted molar refractivity (Wildman–Crippen MR) is 79.7 cm³/mol. The average Bonchev–Trinajstić information content (AvgIpc) is 2.45. The van der Waals surface area contributed by atoms with Crippen LogP contribution in [0.25, 0.3) is 0 Å². The molecular formula is C15H21NO4S. The Morgan fingerprint density at radius 3 is 2.33 bits per heavy atom. The minimum Gasteiger partial charge on any atom is -0.372 e. The van der Waals surface area contributed by atoms with Crippen LogP contribution in [-0.4, -0.2) is 50.3 Å². The van der Waals surface area contributed by atoms with Gasteiger partial charge in [0.1, 0.15) is 0 Å². The van der Waals surface area contributed by atoms with Gasteiger partial charge in [-0.15, -0.1) is 0 Å². The van der Waals surface area contributed by atoms with Crippen LogP contribution in [0.5, 0.6) is 0 Å². The fourth-order valence-electron chi connectivity index (χ4n) is 2.51. The van der Waals surface area contributed by atoms with Crippen molar-refractivity contribution in [1.82, 2.24) is 4.90 Å². The smallest absolute Gasteiger partial charge is 0.223 e. The molecule has 1 heterocycles. The molecule has 0 saturated carbocycles. The molecule has 0 N–H and O–H groups in total. The van der Waals surface area contributed by atoms with Crippen LogP contribution < -0.4 is 0 Å². The molecule has 0 bridgehead atoms. The van der Waals surface area contributed by atoms with Gasteiger partial charge in [0.05, 0.1) is 22.9 Å². The van der Waals surface area contributed by atoms with E-state index < -0.39 is 9.84 Å². The van der Waals surface area contributed by atoms with E-state index in [4.69, 9.17) is 4.74 Å². The van der Waals surface area contributed by atoms with E-state index in [0.29, 0.717) is 13.1 Å². The van der Waals surface area contributed by atoms with Crippen LogP contribution in [0, 0.1) is 0 Å². The zero-order valence-electron chi connectivity index (χ0n) is 12.4. The first-order valence-electron chi connectivity index (χ1n) is 7.09. The number of nitrogens with zero attached hydrogens (tertiary/aromatic N) is 1. The Morgan fingerprint density at radius 1 is 1.19 bits per heavy atom. The van der Waals surface area contributed by atoms with Gasteiger partial charge in [0, 0.05) is 19.5 Å². The Morgan fingerprint density at radius 2 is 1.76 bits per heavy atom. The summed E-state index contributed by atoms with van der Waals surface area (Å²) in [5.74, 6) is -0.285. The highest BCUT2D eigenvalue weighted by Gasteiger charge is 2.26. The summed E-state index contributed by atoms with van der Waals surface area (Å²) in [5, 5.41) is 0. The molecule has 0 radical (unpaired) electrons. The average molecular weight is 311 g/mol. The molecule has 1 aromatic rings. The lowest BCUT2D eigenvalue weighted by molar-refractivity contribution is -0.142. The second kappa shape index (κ2) is 6.58. The summed E-state index contributed by atoms with van der Waals surface area (Å²) in [4.78, 5) is 14.1. The number of rotatable bonds is 4. The molecule has 0 spiro atoms. The molecule has 1 aliphatic rings. The van der Waals surface area contributed by atoms with Gasteiger partial charge >= 0.3 is 0 Å². The number of hydrogen-bond donors (Lipinski definition) is 0. The first-order chi connectivity index (χ1) is 9.88. The van der Waals surface area contributed by atoms with E-state index in [1.54, 1.807) is 35.2 Å². The summed E-state index contributed by atoms with van der Waals surface area (Å²) in [5.41, 5.74) is 0. The zero-order chi connectivity index (χ0) is 15.5. The van der Waals surface area contributed by atoms with E-state index in [-0.39, 0.29) is 35.2 Å². The third kappa shape index (κ3) is 4.28. The number of carbonyl (C=O) groups excluding carboxylic acids is 1. The summed E-state index contributed by atoms with van der Waals surface area (Å²) in [6, 6.07) is 8.23. The summed E-state index contributed by atoms with van der Waals surface area (Å²) in [7, 11) is -3.40. The van der Waals surface area contributed by atoms with E-state index in [1.807, 2.05) is 13.8 Å². The van der Waals surface area contributed by atoms with Crippen LogP contribution in [0.15, 0.2) is 35.2 Å². The van der Waals surface area contributed by atoms with Gasteiger partial charge in [0.15, 0.2) is 9.84 Å². The molecule has 2 rings (SSSR count). The van der Waals surface area contributed by atoms with Gasteiger partial charge < -0.3 is 9.64 Å². The number of sulfone groups is 1. The molecule has 2 atom stereocenters. The van der Waals surface area contributed by atoms with Crippen molar-refractivity contribution < 1.29 is 17.9 Å². The van der Waals surface area contributed by atoms with E-state index in [0.717, 1.165) is 0 Å². The monoisotopic (exact) mass is 311 g/mol. The van der Waals surface area contributed by atoms with Crippen molar-refractivity contribution in [3.05, 3.63) is 30.3 Å². The molecule has 1 amide bonds. The molecule has 1 aromatic carbocycles. The third-order valence-corrected chi connectivity index (χ3v) is 5.19. The van der Waals surface area contributed by atoms with Crippen LogP contribution >= 0.6 is 0 Å². The fraction of sp³-hybridized carbons (Fsp3) is 0.533. The van der Waals surface area contributed by atoms with Gasteiger partial charge in [-0.2, -0.15) is 0 Å². The van der Waals surface area contributed by atoms with Crippen molar-refractivity contribution in [2.24, 2.45) is 0 Å². The van der Waals surface area contributed by atoms with Crippen LogP contribution in [0.2, 0.25) is 0 Å². The lowest BCUT2D eigenvalue weighted by atomic mass is 10.2. The molecule has 21 heavy (non-hydrogen) atoms. The van der Waals surface area contributed by atoms with Gasteiger partial charge in [-0.05, 0) is 26.0 Å². The summed E-state index contributed by atoms with van der Waals surface area (Å²) in [6.45, 7) is 4.87. The molecule has 116 valence electrons. The van der Waals surface area contributed by atoms with E-state index >= 15 is 0 Å². The highest BCUT2D eigenvalue weighted by Crippen LogP contribution is 2.14. The molecule has 6 heteroatoms. The molecule has 0 aliphatic carbocycles. The number of hydrogen-bond acceptors (Lipinski definition) is 4. The number of ether oxygens (including phenoxy) is 1. The quantitative estimate of drug-likeness (QED) is 0.845. The SMILES string of the molecule is C[C@H]1CN(C(=O)CCS(=O)(=O)c2ccccc2)C[C@H](C)O1. The number of morpholine rings is 1. The van der Waals surface area contributed by atoms with Crippen molar-refractivity contribution in [2.45, 2.75) is 37.4 Å². The largest absolute Gasteiger partial charge is 0.372 e. The van der Waals surface area contributed by atoms with Crippen LogP contribution in [-0.2, 0) is 19.4 Å². The minimum atomic E-state index is -3.40. The van der Waals surface area contributed by atoms with Crippen LogP contribution in [0.3, 0.4) is 0 Å². The van der Waals surface area contributed by atoms with E-state index in [1.165, 1.54) is 0 Å². The van der Waals surface area contributed by atoms with Gasteiger partial charge in [0.25, 0.3) is 0 Å². The van der Waals surface area contributed by atoms with Crippen molar-refractivity contribution in [2.75, 3.05) is 18.8 Å². The van der Waals surface area contributed by atoms with Gasteiger partial charge in [-0.25, -0.2) is 8.42 Å². The van der Waals surface area contributed by atoms with Gasteiger partial charge in [-0.1, -0.05) is 18.2 Å². The molecule has 0 unspecified atom stereocenters. The minimum absolute atomic E-state index is 0.0106. The summed E-state index contributed by atoms with van der Waals surface area (Å²) in [6.07, 6.45) is -0.0108. The molecular weight excluding hydrogens is 290 g/mol. The Balaban J connectivity index is 1.95. The van der Waals surface area contributed by atoms with Crippen molar-refractivity contribution in [1.29, 1.82) is 0 Å². The van der Waals surface area contributed by atoms with Crippen LogP contribution in [0.4, 0.5) is 0 Å². The molecule has 1 aliphatic heterocycles. The summed E-state index contributed by atoms with van der Waals surface area (Å²) < 4.78 is 29.9. The highest BCUT2D eigenvalue weighted by atomic mass is 32.2. The molecule has 0 aromatic heterocycles. The number of benzene rings is 1. The van der Waals surface area contributed by atoms with E-state index in [9.17, 15) is 13.2 Å². The maximum atomic E-state index is 12.2. The molecule has 1 saturated heterocycles. The second-order valence-corrected chi connectivity index (χ2v) is 7.55. The van der Waals surface area contributed by atoms with Crippen molar-refractivity contribution >= 4 is 15.7 Å². The Labute approximate surface area is 125 Å². The lowest BCUT2D eigenvalue weighted by Gasteiger charge is -2.35. The van der Waals surface area contributed by atoms with Crippen molar-refractivity contribution in [3.8, 4) is 0 Å². The topological polar surface area (TPSA) is 63.7 Å². The number of carbonyl (C=O) groups is 1. The maximum Gasteiger partial charge on any atom is 0.223 e. The third-order valence-electron chi connectivity index (χ3n) is 3.46. The number of amides is 1. The van der Waals surface area contributed by atoms with Crippen molar-refractivity contribution in [3.63, 3.8) is 0 Å². The standard InChI is InChI=1S/C15H21NO4S/c1-12-10-16(11-13(2)20-12)15(17)8-9-21(18,19)14-6-4-3-5-7-14/h3-7,12-13H,8-11H2,1-2H3/t12-,13-/m0/s1. The highest BCUT2D eigenvalue weighted by molar-refractivity contribution is 7.91. The summed E-state index contributed by atoms with van der Waals surface area (Å²) >= 11 is 0. The molecule has 1 fully saturated rings. The molecule has 5 nitrogen and oxygen atoms in total. The Hall–Kier alpha value is -1.40. The first-order valence-corrected chi connectivity index (χ1v) is 8.75. The van der Waals surface area contributed by atoms with Gasteiger partial charge in [-0.3, -0.25) is 4.79 Å². The zero-order valence-corrected chi connectivity index (χ0v) is 13.2. The van der Waals surface area contributed by atoms with E-state index in [2.05, 4.69) is 0 Å². The normalized spacial score (nSPS) is 23.0. The lowest BCUT2D eigenvalue weighted by Crippen LogP contribution is -2.48. The Kier molecular flexibility index (Phi) is 5.00. The maximum absolute atomic E-state index is 12.2.